The van der Waals surface area contributed by atoms with Crippen LogP contribution in [0.4, 0.5) is 5.69 Å². The molecule has 1 heterocycles. The van der Waals surface area contributed by atoms with Gasteiger partial charge in [0, 0.05) is 11.4 Å². The molecule has 3 rings (SSSR count). The van der Waals surface area contributed by atoms with E-state index in [-0.39, 0.29) is 0 Å². The van der Waals surface area contributed by atoms with Gasteiger partial charge >= 0.3 is 0 Å². The van der Waals surface area contributed by atoms with Crippen molar-refractivity contribution in [3.05, 3.63) is 53.6 Å². The molecule has 0 unspecified atom stereocenters. The lowest BCUT2D eigenvalue weighted by atomic mass is 10.1. The van der Waals surface area contributed by atoms with Gasteiger partial charge in [-0.2, -0.15) is 5.26 Å². The molecule has 1 aromatic heterocycles. The second kappa shape index (κ2) is 5.27. The van der Waals surface area contributed by atoms with E-state index < -0.39 is 0 Å². The van der Waals surface area contributed by atoms with E-state index in [0.717, 1.165) is 16.7 Å². The third-order valence-corrected chi connectivity index (χ3v) is 3.76. The van der Waals surface area contributed by atoms with Crippen molar-refractivity contribution in [1.29, 1.82) is 5.26 Å². The van der Waals surface area contributed by atoms with Gasteiger partial charge in [0.15, 0.2) is 5.58 Å². The van der Waals surface area contributed by atoms with Crippen LogP contribution < -0.4 is 5.73 Å². The molecule has 3 aromatic rings. The zero-order chi connectivity index (χ0) is 13.9. The van der Waals surface area contributed by atoms with E-state index in [4.69, 9.17) is 15.4 Å². The predicted molar refractivity (Wildman–Crippen MR) is 79.1 cm³/mol. The van der Waals surface area contributed by atoms with Crippen molar-refractivity contribution in [2.75, 3.05) is 5.73 Å². The molecule has 0 spiro atoms. The zero-order valence-corrected chi connectivity index (χ0v) is 11.4. The highest BCUT2D eigenvalue weighted by molar-refractivity contribution is 7.98. The first-order valence-electron chi connectivity index (χ1n) is 6.03. The van der Waals surface area contributed by atoms with Gasteiger partial charge in [-0.1, -0.05) is 30.0 Å². The van der Waals surface area contributed by atoms with Crippen LogP contribution in [0.2, 0.25) is 0 Å². The molecule has 0 radical (unpaired) electrons. The number of nitrogens with two attached hydrogens (primary N) is 1. The molecular formula is C15H11N3OS. The van der Waals surface area contributed by atoms with Crippen LogP contribution in [0.3, 0.4) is 0 Å². The average Bonchev–Trinajstić information content (AvgIpc) is 2.87. The summed E-state index contributed by atoms with van der Waals surface area (Å²) in [6.45, 7) is 0. The van der Waals surface area contributed by atoms with Gasteiger partial charge in [0.25, 0.3) is 5.22 Å². The van der Waals surface area contributed by atoms with Gasteiger partial charge in [0.05, 0.1) is 11.6 Å². The molecule has 0 aliphatic heterocycles. The third-order valence-electron chi connectivity index (χ3n) is 2.88. The lowest BCUT2D eigenvalue weighted by Crippen LogP contribution is -1.86. The summed E-state index contributed by atoms with van der Waals surface area (Å²) in [7, 11) is 0. The Labute approximate surface area is 120 Å². The quantitative estimate of drug-likeness (QED) is 0.586. The lowest BCUT2D eigenvalue weighted by molar-refractivity contribution is 0.489. The first-order chi connectivity index (χ1) is 9.76. The van der Waals surface area contributed by atoms with Gasteiger partial charge < -0.3 is 10.2 Å². The van der Waals surface area contributed by atoms with Gasteiger partial charge in [-0.25, -0.2) is 4.98 Å². The number of nitriles is 1. The van der Waals surface area contributed by atoms with Crippen molar-refractivity contribution in [1.82, 2.24) is 4.98 Å². The highest BCUT2D eigenvalue weighted by Gasteiger charge is 2.08. The second-order valence-corrected chi connectivity index (χ2v) is 5.19. The van der Waals surface area contributed by atoms with Crippen LogP contribution in [0.1, 0.15) is 11.1 Å². The number of hydrogen-bond acceptors (Lipinski definition) is 5. The van der Waals surface area contributed by atoms with E-state index in [0.29, 0.717) is 22.2 Å². The fourth-order valence-corrected chi connectivity index (χ4v) is 2.72. The number of fused-ring (bicyclic) bond motifs is 1. The molecule has 20 heavy (non-hydrogen) atoms. The molecule has 2 N–H and O–H groups in total. The van der Waals surface area contributed by atoms with Gasteiger partial charge in [0.2, 0.25) is 0 Å². The normalized spacial score (nSPS) is 10.6. The Morgan fingerprint density at radius 2 is 2.10 bits per heavy atom. The van der Waals surface area contributed by atoms with Gasteiger partial charge in [-0.05, 0) is 29.8 Å². The largest absolute Gasteiger partial charge is 0.431 e. The summed E-state index contributed by atoms with van der Waals surface area (Å²) in [5, 5.41) is 9.63. The summed E-state index contributed by atoms with van der Waals surface area (Å²) in [5.41, 5.74) is 9.50. The smallest absolute Gasteiger partial charge is 0.257 e. The highest BCUT2D eigenvalue weighted by atomic mass is 32.2. The Kier molecular flexibility index (Phi) is 3.32. The van der Waals surface area contributed by atoms with Gasteiger partial charge in [0.1, 0.15) is 5.52 Å². The zero-order valence-electron chi connectivity index (χ0n) is 10.5. The van der Waals surface area contributed by atoms with Crippen molar-refractivity contribution in [2.45, 2.75) is 11.0 Å². The number of nitrogens with zero attached hydrogens (tertiary/aromatic N) is 2. The van der Waals surface area contributed by atoms with E-state index in [1.165, 1.54) is 11.8 Å². The van der Waals surface area contributed by atoms with Crippen molar-refractivity contribution in [3.8, 4) is 6.07 Å². The van der Waals surface area contributed by atoms with Crippen LogP contribution in [0.25, 0.3) is 11.1 Å². The third kappa shape index (κ3) is 2.46. The molecule has 0 atom stereocenters. The maximum Gasteiger partial charge on any atom is 0.257 e. The molecule has 0 saturated heterocycles. The van der Waals surface area contributed by atoms with E-state index in [2.05, 4.69) is 11.1 Å². The molecule has 98 valence electrons. The van der Waals surface area contributed by atoms with Crippen molar-refractivity contribution < 1.29 is 4.42 Å². The summed E-state index contributed by atoms with van der Waals surface area (Å²) >= 11 is 1.46. The van der Waals surface area contributed by atoms with Crippen LogP contribution >= 0.6 is 11.8 Å². The van der Waals surface area contributed by atoms with E-state index >= 15 is 0 Å². The molecule has 4 nitrogen and oxygen atoms in total. The average molecular weight is 281 g/mol. The van der Waals surface area contributed by atoms with Crippen LogP contribution in [0.5, 0.6) is 0 Å². The standard InChI is InChI=1S/C15H11N3OS/c16-8-10-3-1-2-4-11(10)9-20-15-18-13-7-12(17)5-6-14(13)19-15/h1-7H,9,17H2. The topological polar surface area (TPSA) is 75.8 Å². The lowest BCUT2D eigenvalue weighted by Gasteiger charge is -2.00. The first kappa shape index (κ1) is 12.6. The van der Waals surface area contributed by atoms with Gasteiger partial charge in [-0.15, -0.1) is 0 Å². The maximum atomic E-state index is 9.05. The molecule has 0 aliphatic carbocycles. The summed E-state index contributed by atoms with van der Waals surface area (Å²) in [6.07, 6.45) is 0. The van der Waals surface area contributed by atoms with Crippen LogP contribution in [0.15, 0.2) is 52.1 Å². The molecule has 0 saturated carbocycles. The summed E-state index contributed by atoms with van der Waals surface area (Å²) in [5.74, 6) is 0.645. The van der Waals surface area contributed by atoms with Gasteiger partial charge in [-0.3, -0.25) is 0 Å². The van der Waals surface area contributed by atoms with E-state index in [9.17, 15) is 0 Å². The second-order valence-electron chi connectivity index (χ2n) is 4.26. The first-order valence-corrected chi connectivity index (χ1v) is 7.02. The van der Waals surface area contributed by atoms with E-state index in [1.54, 1.807) is 12.1 Å². The predicted octanol–water partition coefficient (Wildman–Crippen LogP) is 3.57. The Bertz CT molecular complexity index is 804. The van der Waals surface area contributed by atoms with Crippen LogP contribution in [-0.2, 0) is 5.75 Å². The monoisotopic (exact) mass is 281 g/mol. The van der Waals surface area contributed by atoms with Crippen molar-refractivity contribution >= 4 is 28.5 Å². The molecule has 0 bridgehead atoms. The number of nitrogen functional groups attached to an aromatic ring is 1. The number of rotatable bonds is 3. The Balaban J connectivity index is 1.82. The SMILES string of the molecule is N#Cc1ccccc1CSc1nc2cc(N)ccc2o1. The minimum atomic E-state index is 0.582. The minimum Gasteiger partial charge on any atom is -0.431 e. The molecular weight excluding hydrogens is 270 g/mol. The fourth-order valence-electron chi connectivity index (χ4n) is 1.88. The Morgan fingerprint density at radius 3 is 2.95 bits per heavy atom. The summed E-state index contributed by atoms with van der Waals surface area (Å²) < 4.78 is 5.63. The maximum absolute atomic E-state index is 9.05. The molecule has 0 fully saturated rings. The minimum absolute atomic E-state index is 0.582. The molecule has 0 amide bonds. The number of oxazole rings is 1. The van der Waals surface area contributed by atoms with Crippen molar-refractivity contribution in [2.24, 2.45) is 0 Å². The van der Waals surface area contributed by atoms with Crippen LogP contribution in [0, 0.1) is 11.3 Å². The number of hydrogen-bond donors (Lipinski definition) is 1. The Hall–Kier alpha value is -2.45. The fraction of sp³-hybridized carbons (Fsp3) is 0.0667. The number of anilines is 1. The van der Waals surface area contributed by atoms with Crippen molar-refractivity contribution in [3.63, 3.8) is 0 Å². The molecule has 5 heteroatoms. The number of aromatic nitrogens is 1. The molecule has 0 aliphatic rings. The highest BCUT2D eigenvalue weighted by Crippen LogP contribution is 2.27. The number of thioether (sulfide) groups is 1. The van der Waals surface area contributed by atoms with E-state index in [1.807, 2.05) is 30.3 Å². The number of benzene rings is 2. The molecule has 2 aromatic carbocycles. The summed E-state index contributed by atoms with van der Waals surface area (Å²) in [4.78, 5) is 4.38. The Morgan fingerprint density at radius 1 is 1.25 bits per heavy atom. The van der Waals surface area contributed by atoms with Crippen LogP contribution in [-0.4, -0.2) is 4.98 Å². The summed E-state index contributed by atoms with van der Waals surface area (Å²) in [6, 6.07) is 15.1.